The molecule has 96 valence electrons. The second kappa shape index (κ2) is 6.47. The zero-order valence-corrected chi connectivity index (χ0v) is 12.3. The van der Waals surface area contributed by atoms with Crippen LogP contribution < -0.4 is 9.47 Å². The molecule has 0 saturated heterocycles. The molecule has 0 unspecified atom stereocenters. The molecule has 7 heteroatoms. The van der Waals surface area contributed by atoms with E-state index in [-0.39, 0.29) is 12.4 Å². The normalized spacial score (nSPS) is 11.2. The molecule has 0 bridgehead atoms. The maximum absolute atomic E-state index is 10.7. The second-order valence-corrected chi connectivity index (χ2v) is 6.99. The van der Waals surface area contributed by atoms with Gasteiger partial charge in [0.1, 0.15) is 11.5 Å². The summed E-state index contributed by atoms with van der Waals surface area (Å²) in [6.45, 7) is 0.289. The first-order chi connectivity index (χ1) is 7.92. The predicted molar refractivity (Wildman–Crippen MR) is 70.4 cm³/mol. The fraction of sp³-hybridized carbons (Fsp3) is 0.400. The summed E-state index contributed by atoms with van der Waals surface area (Å²) in [4.78, 5) is 0. The number of halogens is 2. The van der Waals surface area contributed by atoms with E-state index in [4.69, 9.17) is 20.2 Å². The number of rotatable bonds is 6. The van der Waals surface area contributed by atoms with Crippen molar-refractivity contribution < 1.29 is 17.9 Å². The van der Waals surface area contributed by atoms with Gasteiger partial charge in [-0.3, -0.25) is 0 Å². The molecule has 0 saturated carbocycles. The van der Waals surface area contributed by atoms with Crippen molar-refractivity contribution in [2.75, 3.05) is 19.5 Å². The van der Waals surface area contributed by atoms with E-state index < -0.39 is 9.05 Å². The molecule has 0 fully saturated rings. The van der Waals surface area contributed by atoms with E-state index in [0.717, 1.165) is 4.47 Å². The molecule has 0 heterocycles. The van der Waals surface area contributed by atoms with Crippen LogP contribution >= 0.6 is 26.6 Å². The van der Waals surface area contributed by atoms with Crippen LogP contribution in [-0.4, -0.2) is 27.9 Å². The number of hydrogen-bond donors (Lipinski definition) is 0. The Morgan fingerprint density at radius 1 is 1.41 bits per heavy atom. The lowest BCUT2D eigenvalue weighted by atomic mass is 10.3. The first-order valence-electron chi connectivity index (χ1n) is 4.81. The zero-order valence-electron chi connectivity index (χ0n) is 9.15. The highest BCUT2D eigenvalue weighted by atomic mass is 79.9. The molecule has 1 aromatic carbocycles. The fourth-order valence-corrected chi connectivity index (χ4v) is 2.40. The highest BCUT2D eigenvalue weighted by molar-refractivity contribution is 9.10. The summed E-state index contributed by atoms with van der Waals surface area (Å²) in [5.41, 5.74) is 0. The quantitative estimate of drug-likeness (QED) is 0.589. The van der Waals surface area contributed by atoms with Crippen LogP contribution in [0.25, 0.3) is 0 Å². The van der Waals surface area contributed by atoms with E-state index >= 15 is 0 Å². The molecule has 1 aromatic rings. The molecule has 1 rings (SSSR count). The summed E-state index contributed by atoms with van der Waals surface area (Å²) < 4.78 is 32.6. The molecule has 0 spiro atoms. The third kappa shape index (κ3) is 5.61. The minimum Gasteiger partial charge on any atom is -0.497 e. The summed E-state index contributed by atoms with van der Waals surface area (Å²) in [7, 11) is 3.21. The van der Waals surface area contributed by atoms with Gasteiger partial charge in [0.2, 0.25) is 9.05 Å². The fourth-order valence-electron chi connectivity index (χ4n) is 1.14. The molecule has 0 N–H and O–H groups in total. The maximum Gasteiger partial charge on any atom is 0.232 e. The standard InChI is InChI=1S/C10H12BrClO4S/c1-15-8-3-4-10(9(11)7-8)16-5-2-6-17(12,13)14/h3-4,7H,2,5-6H2,1H3. The second-order valence-electron chi connectivity index (χ2n) is 3.24. The molecule has 4 nitrogen and oxygen atoms in total. The Morgan fingerprint density at radius 3 is 2.65 bits per heavy atom. The molecule has 0 atom stereocenters. The largest absolute Gasteiger partial charge is 0.497 e. The highest BCUT2D eigenvalue weighted by Gasteiger charge is 2.06. The van der Waals surface area contributed by atoms with Gasteiger partial charge in [0.15, 0.2) is 0 Å². The number of methoxy groups -OCH3 is 1. The Kier molecular flexibility index (Phi) is 5.55. The minimum absolute atomic E-state index is 0.0949. The van der Waals surface area contributed by atoms with Crippen molar-refractivity contribution in [1.82, 2.24) is 0 Å². The van der Waals surface area contributed by atoms with Gasteiger partial charge < -0.3 is 9.47 Å². The molecule has 17 heavy (non-hydrogen) atoms. The first-order valence-corrected chi connectivity index (χ1v) is 8.08. The van der Waals surface area contributed by atoms with Crippen LogP contribution in [0.1, 0.15) is 6.42 Å². The third-order valence-electron chi connectivity index (χ3n) is 1.93. The molecule has 0 aliphatic carbocycles. The van der Waals surface area contributed by atoms with Crippen LogP contribution in [0.5, 0.6) is 11.5 Å². The predicted octanol–water partition coefficient (Wildman–Crippen LogP) is 2.80. The van der Waals surface area contributed by atoms with Gasteiger partial charge in [0.05, 0.1) is 23.9 Å². The molecule has 0 aliphatic rings. The Balaban J connectivity index is 2.47. The SMILES string of the molecule is COc1ccc(OCCCS(=O)(=O)Cl)c(Br)c1. The lowest BCUT2D eigenvalue weighted by Gasteiger charge is -2.08. The van der Waals surface area contributed by atoms with Gasteiger partial charge in [-0.25, -0.2) is 8.42 Å². The summed E-state index contributed by atoms with van der Waals surface area (Å²) >= 11 is 3.33. The van der Waals surface area contributed by atoms with E-state index in [9.17, 15) is 8.42 Å². The molecule has 0 aromatic heterocycles. The van der Waals surface area contributed by atoms with Crippen molar-refractivity contribution in [1.29, 1.82) is 0 Å². The van der Waals surface area contributed by atoms with E-state index in [2.05, 4.69) is 15.9 Å². The van der Waals surface area contributed by atoms with Crippen LogP contribution in [0.15, 0.2) is 22.7 Å². The van der Waals surface area contributed by atoms with Crippen LogP contribution in [0, 0.1) is 0 Å². The Labute approximate surface area is 113 Å². The molecular weight excluding hydrogens is 332 g/mol. The summed E-state index contributed by atoms with van der Waals surface area (Å²) in [6, 6.07) is 5.28. The highest BCUT2D eigenvalue weighted by Crippen LogP contribution is 2.29. The summed E-state index contributed by atoms with van der Waals surface area (Å²) in [5, 5.41) is 0. The minimum atomic E-state index is -3.44. The first kappa shape index (κ1) is 14.6. The third-order valence-corrected chi connectivity index (χ3v) is 3.79. The van der Waals surface area contributed by atoms with Gasteiger partial charge in [-0.05, 0) is 40.5 Å². The average molecular weight is 344 g/mol. The average Bonchev–Trinajstić information content (AvgIpc) is 2.24. The molecule has 0 radical (unpaired) electrons. The van der Waals surface area contributed by atoms with Gasteiger partial charge in [-0.15, -0.1) is 0 Å². The topological polar surface area (TPSA) is 52.6 Å². The van der Waals surface area contributed by atoms with Gasteiger partial charge in [-0.2, -0.15) is 0 Å². The van der Waals surface area contributed by atoms with Gasteiger partial charge in [0.25, 0.3) is 0 Å². The monoisotopic (exact) mass is 342 g/mol. The molecule has 0 amide bonds. The van der Waals surface area contributed by atoms with Crippen molar-refractivity contribution in [2.24, 2.45) is 0 Å². The smallest absolute Gasteiger partial charge is 0.232 e. The Morgan fingerprint density at radius 2 is 2.12 bits per heavy atom. The van der Waals surface area contributed by atoms with E-state index in [0.29, 0.717) is 17.9 Å². The number of benzene rings is 1. The number of hydrogen-bond acceptors (Lipinski definition) is 4. The van der Waals surface area contributed by atoms with Crippen molar-refractivity contribution in [3.63, 3.8) is 0 Å². The van der Waals surface area contributed by atoms with Crippen molar-refractivity contribution in [3.8, 4) is 11.5 Å². The lowest BCUT2D eigenvalue weighted by Crippen LogP contribution is -2.05. The van der Waals surface area contributed by atoms with E-state index in [1.54, 1.807) is 25.3 Å². The van der Waals surface area contributed by atoms with Crippen LogP contribution in [0.3, 0.4) is 0 Å². The molecule has 0 aliphatic heterocycles. The Hall–Kier alpha value is -0.460. The van der Waals surface area contributed by atoms with Crippen molar-refractivity contribution >= 4 is 35.7 Å². The van der Waals surface area contributed by atoms with Crippen molar-refractivity contribution in [3.05, 3.63) is 22.7 Å². The van der Waals surface area contributed by atoms with Crippen LogP contribution in [0.4, 0.5) is 0 Å². The van der Waals surface area contributed by atoms with Gasteiger partial charge >= 0.3 is 0 Å². The summed E-state index contributed by atoms with van der Waals surface area (Å²) in [5.74, 6) is 1.26. The molecular formula is C10H12BrClO4S. The van der Waals surface area contributed by atoms with Crippen LogP contribution in [-0.2, 0) is 9.05 Å². The lowest BCUT2D eigenvalue weighted by molar-refractivity contribution is 0.315. The van der Waals surface area contributed by atoms with Gasteiger partial charge in [-0.1, -0.05) is 0 Å². The van der Waals surface area contributed by atoms with Crippen molar-refractivity contribution in [2.45, 2.75) is 6.42 Å². The number of ether oxygens (including phenoxy) is 2. The zero-order chi connectivity index (χ0) is 12.9. The Bertz CT molecular complexity index is 475. The van der Waals surface area contributed by atoms with E-state index in [1.807, 2.05) is 0 Å². The maximum atomic E-state index is 10.7. The van der Waals surface area contributed by atoms with Gasteiger partial charge in [0, 0.05) is 10.7 Å². The van der Waals surface area contributed by atoms with E-state index in [1.165, 1.54) is 0 Å². The summed E-state index contributed by atoms with van der Waals surface area (Å²) in [6.07, 6.45) is 0.351. The van der Waals surface area contributed by atoms with Crippen LogP contribution in [0.2, 0.25) is 0 Å².